The number of alkyl halides is 1. The highest BCUT2D eigenvalue weighted by atomic mass is 19.1. The first kappa shape index (κ1) is 36.6. The fourth-order valence-corrected chi connectivity index (χ4v) is 9.76. The van der Waals surface area contributed by atoms with Crippen LogP contribution in [0.1, 0.15) is 75.7 Å². The monoisotopic (exact) mass is 799 g/mol. The molecule has 0 bridgehead atoms. The van der Waals surface area contributed by atoms with Gasteiger partial charge in [-0.05, 0) is 92.3 Å². The summed E-state index contributed by atoms with van der Waals surface area (Å²) in [5.41, 5.74) is 11.8. The normalized spacial score (nSPS) is 24.6. The summed E-state index contributed by atoms with van der Waals surface area (Å²) in [6.07, 6.45) is 10.3. The standard InChI is InChI=1S/C47H56FN9O2/c1-33-29-57(41-14-13-37(27-39(33)41)56-22-6-20-50-32-56)36-15-23-53(24-16-36)31-47(48)18-25-54(26-19-47)45(59)34-9-11-35(12-10-34)46(2)17-5-21-55(30-46)42-28-40(51-52-44(42)49)38-7-3-4-8-43(38)58/h3-4,6-14,22,27-29,36,50,58H,5,15-21,23-26,30-32H2,1-2H3,(H2,49,52)/i20D,32D/t20?,32-,46?/m0/s1. The molecule has 0 spiro atoms. The maximum absolute atomic E-state index is 16.4. The summed E-state index contributed by atoms with van der Waals surface area (Å²) in [7, 11) is 0. The number of nitrogens with zero attached hydrogens (tertiary/aromatic N) is 7. The van der Waals surface area contributed by atoms with Gasteiger partial charge >= 0.3 is 0 Å². The number of piperidine rings is 3. The number of nitrogens with two attached hydrogens (primary N) is 1. The Morgan fingerprint density at radius 3 is 2.54 bits per heavy atom. The van der Waals surface area contributed by atoms with E-state index in [0.29, 0.717) is 67.7 Å². The Hall–Kier alpha value is -5.46. The predicted molar refractivity (Wildman–Crippen MR) is 234 cm³/mol. The number of phenols is 1. The van der Waals surface area contributed by atoms with E-state index in [0.717, 1.165) is 67.6 Å². The zero-order chi connectivity index (χ0) is 42.5. The number of nitrogen functional groups attached to an aromatic ring is 1. The lowest BCUT2D eigenvalue weighted by Gasteiger charge is -2.42. The zero-order valence-electron chi connectivity index (χ0n) is 36.0. The average molecular weight is 800 g/mol. The van der Waals surface area contributed by atoms with E-state index < -0.39 is 18.8 Å². The van der Waals surface area contributed by atoms with Crippen LogP contribution in [-0.4, -0.2) is 100 Å². The number of halogens is 1. The number of amides is 1. The van der Waals surface area contributed by atoms with Gasteiger partial charge in [0.05, 0.1) is 19.4 Å². The zero-order valence-corrected chi connectivity index (χ0v) is 34.0. The summed E-state index contributed by atoms with van der Waals surface area (Å²) in [6.45, 7) is 7.45. The Balaban J connectivity index is 0.780. The summed E-state index contributed by atoms with van der Waals surface area (Å²) in [6, 6.07) is 23.6. The Bertz CT molecular complexity index is 2430. The molecule has 9 rings (SSSR count). The summed E-state index contributed by atoms with van der Waals surface area (Å²) >= 11 is 0. The number of likely N-dealkylation sites (tertiary alicyclic amines) is 2. The molecule has 4 N–H and O–H groups in total. The highest BCUT2D eigenvalue weighted by molar-refractivity contribution is 5.94. The van der Waals surface area contributed by atoms with Crippen molar-refractivity contribution in [2.24, 2.45) is 0 Å². The largest absolute Gasteiger partial charge is 0.507 e. The van der Waals surface area contributed by atoms with E-state index in [1.54, 1.807) is 18.2 Å². The number of hydrogen-bond acceptors (Lipinski definition) is 9. The highest BCUT2D eigenvalue weighted by Gasteiger charge is 2.39. The van der Waals surface area contributed by atoms with E-state index in [1.165, 1.54) is 11.1 Å². The first-order chi connectivity index (χ1) is 29.4. The molecule has 5 aromatic rings. The van der Waals surface area contributed by atoms with Crippen molar-refractivity contribution in [3.63, 3.8) is 0 Å². The van der Waals surface area contributed by atoms with Gasteiger partial charge in [-0.25, -0.2) is 4.39 Å². The number of aryl methyl sites for hydroxylation is 1. The molecule has 3 saturated heterocycles. The lowest BCUT2D eigenvalue weighted by Crippen LogP contribution is -2.51. The van der Waals surface area contributed by atoms with E-state index in [-0.39, 0.29) is 17.1 Å². The van der Waals surface area contributed by atoms with Crippen LogP contribution >= 0.6 is 0 Å². The number of aromatic nitrogens is 3. The van der Waals surface area contributed by atoms with Crippen molar-refractivity contribution in [3.8, 4) is 17.0 Å². The molecule has 11 nitrogen and oxygen atoms in total. The van der Waals surface area contributed by atoms with Gasteiger partial charge in [0, 0.05) is 118 Å². The molecule has 6 heterocycles. The van der Waals surface area contributed by atoms with Crippen LogP contribution in [0.2, 0.25) is 0 Å². The minimum absolute atomic E-state index is 0.0522. The number of carbonyl (C=O) groups excluding carboxylic acids is 1. The molecule has 3 fully saturated rings. The van der Waals surface area contributed by atoms with Gasteiger partial charge in [-0.3, -0.25) is 10.1 Å². The molecule has 3 aromatic carbocycles. The fourth-order valence-electron chi connectivity index (χ4n) is 9.76. The average Bonchev–Trinajstić information content (AvgIpc) is 3.59. The van der Waals surface area contributed by atoms with Gasteiger partial charge in [-0.1, -0.05) is 37.3 Å². The minimum atomic E-state index is -1.33. The third kappa shape index (κ3) is 7.88. The second kappa shape index (κ2) is 16.0. The van der Waals surface area contributed by atoms with Crippen LogP contribution in [0.3, 0.4) is 0 Å². The van der Waals surface area contributed by atoms with Crippen molar-refractivity contribution < 1.29 is 17.0 Å². The molecule has 1 amide bonds. The van der Waals surface area contributed by atoms with Gasteiger partial charge in [0.2, 0.25) is 0 Å². The third-order valence-electron chi connectivity index (χ3n) is 13.2. The molecule has 2 aromatic heterocycles. The van der Waals surface area contributed by atoms with E-state index in [2.05, 4.69) is 74.2 Å². The van der Waals surface area contributed by atoms with Crippen LogP contribution in [0, 0.1) is 6.92 Å². The van der Waals surface area contributed by atoms with E-state index in [1.807, 2.05) is 52.4 Å². The SMILES string of the molecule is [2H]C1C=CN(c2ccc3c(c2)c(C)cn3C2CCN(CC3(F)CCN(C(=O)c4ccc(C5(C)CCCN(c6cc(-c7ccccc7O)nnc6N)C5)cc4)CC3)CC2)[C@@H]([2H])N1. The molecule has 0 aliphatic carbocycles. The van der Waals surface area contributed by atoms with Crippen LogP contribution in [0.5, 0.6) is 5.75 Å². The van der Waals surface area contributed by atoms with Crippen LogP contribution in [0.15, 0.2) is 91.3 Å². The Morgan fingerprint density at radius 2 is 1.78 bits per heavy atom. The van der Waals surface area contributed by atoms with Crippen molar-refractivity contribution in [2.45, 2.75) is 69.5 Å². The number of rotatable bonds is 8. The van der Waals surface area contributed by atoms with Gasteiger partial charge < -0.3 is 35.0 Å². The summed E-state index contributed by atoms with van der Waals surface area (Å²) in [5, 5.41) is 23.0. The minimum Gasteiger partial charge on any atom is -0.507 e. The number of hydrogen-bond donors (Lipinski definition) is 3. The van der Waals surface area contributed by atoms with Crippen LogP contribution < -0.4 is 20.9 Å². The summed E-state index contributed by atoms with van der Waals surface area (Å²) in [4.78, 5) is 21.9. The molecule has 12 heteroatoms. The highest BCUT2D eigenvalue weighted by Crippen LogP contribution is 2.39. The van der Waals surface area contributed by atoms with Gasteiger partial charge in [-0.15, -0.1) is 10.2 Å². The summed E-state index contributed by atoms with van der Waals surface area (Å²) < 4.78 is 35.1. The number of anilines is 3. The maximum Gasteiger partial charge on any atom is 0.253 e. The topological polar surface area (TPSA) is 119 Å². The third-order valence-corrected chi connectivity index (χ3v) is 13.2. The molecular weight excluding hydrogens is 742 g/mol. The van der Waals surface area contributed by atoms with E-state index in [9.17, 15) is 9.90 Å². The Morgan fingerprint density at radius 1 is 1.00 bits per heavy atom. The van der Waals surface area contributed by atoms with Gasteiger partial charge in [0.15, 0.2) is 5.82 Å². The second-order valence-electron chi connectivity index (χ2n) is 17.3. The van der Waals surface area contributed by atoms with Crippen molar-refractivity contribution in [2.75, 3.05) is 74.5 Å². The van der Waals surface area contributed by atoms with Crippen LogP contribution in [0.25, 0.3) is 22.2 Å². The molecule has 2 unspecified atom stereocenters. The van der Waals surface area contributed by atoms with Crippen LogP contribution in [0.4, 0.5) is 21.6 Å². The van der Waals surface area contributed by atoms with Crippen molar-refractivity contribution in [1.29, 1.82) is 0 Å². The quantitative estimate of drug-likeness (QED) is 0.148. The predicted octanol–water partition coefficient (Wildman–Crippen LogP) is 7.41. The molecule has 4 aliphatic heterocycles. The van der Waals surface area contributed by atoms with Crippen LogP contribution in [-0.2, 0) is 5.41 Å². The lowest BCUT2D eigenvalue weighted by atomic mass is 9.75. The smallest absolute Gasteiger partial charge is 0.253 e. The van der Waals surface area contributed by atoms with Gasteiger partial charge in [-0.2, -0.15) is 0 Å². The first-order valence-corrected chi connectivity index (χ1v) is 21.0. The first-order valence-electron chi connectivity index (χ1n) is 22.2. The summed E-state index contributed by atoms with van der Waals surface area (Å²) in [5.74, 6) is 0.433. The maximum atomic E-state index is 16.4. The van der Waals surface area contributed by atoms with E-state index >= 15 is 4.39 Å². The fraction of sp³-hybridized carbons (Fsp3) is 0.426. The molecule has 3 atom stereocenters. The van der Waals surface area contributed by atoms with Gasteiger partial charge in [0.1, 0.15) is 11.4 Å². The van der Waals surface area contributed by atoms with E-state index in [4.69, 9.17) is 8.48 Å². The van der Waals surface area contributed by atoms with Gasteiger partial charge in [0.25, 0.3) is 5.91 Å². The number of aromatic hydroxyl groups is 1. The Kier molecular flexibility index (Phi) is 9.90. The number of benzene rings is 3. The number of nitrogens with one attached hydrogen (secondary N) is 1. The van der Waals surface area contributed by atoms with Crippen molar-refractivity contribution in [1.82, 2.24) is 29.9 Å². The lowest BCUT2D eigenvalue weighted by molar-refractivity contribution is 0.0158. The van der Waals surface area contributed by atoms with Crippen molar-refractivity contribution in [3.05, 3.63) is 108 Å². The number of carbonyl (C=O) groups is 1. The molecule has 0 saturated carbocycles. The number of fused-ring (bicyclic) bond motifs is 1. The molecule has 308 valence electrons. The number of para-hydroxylation sites is 1. The number of phenolic OH excluding ortho intramolecular Hbond substituents is 1. The molecule has 4 aliphatic rings. The molecule has 59 heavy (non-hydrogen) atoms. The molecule has 0 radical (unpaired) electrons. The molecular formula is C47H56FN9O2. The van der Waals surface area contributed by atoms with Crippen molar-refractivity contribution >= 4 is 34.0 Å². The Labute approximate surface area is 349 Å². The second-order valence-corrected chi connectivity index (χ2v) is 17.3.